The molecule has 1 amide bonds. The van der Waals surface area contributed by atoms with Gasteiger partial charge in [0, 0.05) is 50.0 Å². The quantitative estimate of drug-likeness (QED) is 0.409. The number of benzene rings is 2. The van der Waals surface area contributed by atoms with Gasteiger partial charge in [-0.3, -0.25) is 9.79 Å². The van der Waals surface area contributed by atoms with Crippen molar-refractivity contribution in [2.24, 2.45) is 10.9 Å². The number of carbonyl (C=O) groups excluding carboxylic acids is 1. The molecule has 1 aliphatic rings. The minimum atomic E-state index is 0.242. The number of guanidine groups is 1. The Kier molecular flexibility index (Phi) is 7.51. The number of likely N-dealkylation sites (tertiary alicyclic amines) is 1. The number of aromatic nitrogens is 1. The third-order valence-electron chi connectivity index (χ3n) is 5.60. The maximum atomic E-state index is 12.4. The molecule has 1 aliphatic heterocycles. The topological polar surface area (TPSA) is 69.6 Å². The van der Waals surface area contributed by atoms with E-state index in [4.69, 9.17) is 4.98 Å². The normalized spacial score (nSPS) is 16.4. The predicted octanol–water partition coefficient (Wildman–Crippen LogP) is 3.57. The van der Waals surface area contributed by atoms with Crippen LogP contribution in [0.4, 0.5) is 0 Å². The molecule has 0 radical (unpaired) electrons. The highest BCUT2D eigenvalue weighted by molar-refractivity contribution is 7.13. The maximum absolute atomic E-state index is 12.4. The van der Waals surface area contributed by atoms with E-state index < -0.39 is 0 Å². The van der Waals surface area contributed by atoms with E-state index in [1.54, 1.807) is 18.4 Å². The van der Waals surface area contributed by atoms with Gasteiger partial charge in [-0.25, -0.2) is 4.98 Å². The van der Waals surface area contributed by atoms with E-state index in [0.29, 0.717) is 18.9 Å². The van der Waals surface area contributed by atoms with Gasteiger partial charge >= 0.3 is 0 Å². The number of rotatable bonds is 8. The minimum absolute atomic E-state index is 0.242. The monoisotopic (exact) mass is 447 g/mol. The highest BCUT2D eigenvalue weighted by Gasteiger charge is 2.29. The summed E-state index contributed by atoms with van der Waals surface area (Å²) >= 11 is 1.64. The number of carbonyl (C=O) groups is 1. The van der Waals surface area contributed by atoms with Gasteiger partial charge in [0.1, 0.15) is 5.01 Å². The van der Waals surface area contributed by atoms with Gasteiger partial charge in [0.15, 0.2) is 5.96 Å². The molecule has 1 fully saturated rings. The van der Waals surface area contributed by atoms with Crippen molar-refractivity contribution in [3.8, 4) is 10.6 Å². The van der Waals surface area contributed by atoms with Crippen LogP contribution in [0.15, 0.2) is 71.0 Å². The van der Waals surface area contributed by atoms with Crippen LogP contribution < -0.4 is 10.6 Å². The Hall–Kier alpha value is -3.19. The minimum Gasteiger partial charge on any atom is -0.356 e. The summed E-state index contributed by atoms with van der Waals surface area (Å²) in [6, 6.07) is 20.5. The number of nitrogens with one attached hydrogen (secondary N) is 2. The average molecular weight is 448 g/mol. The molecule has 0 spiro atoms. The molecule has 166 valence electrons. The van der Waals surface area contributed by atoms with E-state index >= 15 is 0 Å². The Labute approximate surface area is 193 Å². The summed E-state index contributed by atoms with van der Waals surface area (Å²) in [5.41, 5.74) is 3.39. The fraction of sp³-hybridized carbons (Fsp3) is 0.320. The lowest BCUT2D eigenvalue weighted by molar-refractivity contribution is -0.127. The molecular weight excluding hydrogens is 418 g/mol. The summed E-state index contributed by atoms with van der Waals surface area (Å²) in [6.45, 7) is 2.90. The van der Waals surface area contributed by atoms with Gasteiger partial charge in [0.25, 0.3) is 0 Å². The molecule has 1 unspecified atom stereocenters. The summed E-state index contributed by atoms with van der Waals surface area (Å²) in [4.78, 5) is 23.4. The van der Waals surface area contributed by atoms with E-state index in [1.165, 1.54) is 5.56 Å². The van der Waals surface area contributed by atoms with Gasteiger partial charge in [-0.1, -0.05) is 60.7 Å². The maximum Gasteiger partial charge on any atom is 0.223 e. The fourth-order valence-corrected chi connectivity index (χ4v) is 4.68. The Morgan fingerprint density at radius 3 is 2.62 bits per heavy atom. The van der Waals surface area contributed by atoms with Gasteiger partial charge in [0.2, 0.25) is 5.91 Å². The van der Waals surface area contributed by atoms with E-state index in [1.807, 2.05) is 41.3 Å². The molecule has 1 aromatic heterocycles. The molecular formula is C25H29N5OS. The molecule has 0 bridgehead atoms. The predicted molar refractivity (Wildman–Crippen MR) is 131 cm³/mol. The third-order valence-corrected chi connectivity index (χ3v) is 6.54. The van der Waals surface area contributed by atoms with Crippen molar-refractivity contribution in [2.75, 3.05) is 26.7 Å². The SMILES string of the molecule is CN=C(NCc1csc(-c2ccccc2)n1)NCC1CC(=O)N(CCc2ccccc2)C1. The van der Waals surface area contributed by atoms with E-state index in [2.05, 4.69) is 45.3 Å². The second-order valence-electron chi connectivity index (χ2n) is 7.96. The Morgan fingerprint density at radius 1 is 1.12 bits per heavy atom. The average Bonchev–Trinajstić information content (AvgIpc) is 3.45. The molecule has 1 atom stereocenters. The van der Waals surface area contributed by atoms with Crippen LogP contribution >= 0.6 is 11.3 Å². The van der Waals surface area contributed by atoms with Crippen molar-refractivity contribution >= 4 is 23.2 Å². The van der Waals surface area contributed by atoms with E-state index in [-0.39, 0.29) is 5.91 Å². The number of nitrogens with zero attached hydrogens (tertiary/aromatic N) is 3. The highest BCUT2D eigenvalue weighted by atomic mass is 32.1. The van der Waals surface area contributed by atoms with Crippen LogP contribution in [0.1, 0.15) is 17.7 Å². The van der Waals surface area contributed by atoms with Crippen LogP contribution in [0.5, 0.6) is 0 Å². The summed E-state index contributed by atoms with van der Waals surface area (Å²) in [7, 11) is 1.76. The molecule has 6 nitrogen and oxygen atoms in total. The first-order valence-corrected chi connectivity index (χ1v) is 11.9. The van der Waals surface area contributed by atoms with Crippen molar-refractivity contribution in [2.45, 2.75) is 19.4 Å². The van der Waals surface area contributed by atoms with Gasteiger partial charge in [-0.15, -0.1) is 11.3 Å². The summed E-state index contributed by atoms with van der Waals surface area (Å²) in [5, 5.41) is 9.79. The molecule has 2 aromatic carbocycles. The van der Waals surface area contributed by atoms with Crippen LogP contribution in [0.3, 0.4) is 0 Å². The lowest BCUT2D eigenvalue weighted by Gasteiger charge is -2.17. The molecule has 1 saturated heterocycles. The summed E-state index contributed by atoms with van der Waals surface area (Å²) in [6.07, 6.45) is 1.49. The number of amides is 1. The molecule has 7 heteroatoms. The van der Waals surface area contributed by atoms with Crippen molar-refractivity contribution < 1.29 is 4.79 Å². The van der Waals surface area contributed by atoms with Crippen molar-refractivity contribution in [1.82, 2.24) is 20.5 Å². The second kappa shape index (κ2) is 10.9. The fourth-order valence-electron chi connectivity index (χ4n) is 3.85. The first-order valence-electron chi connectivity index (χ1n) is 11.0. The first kappa shape index (κ1) is 22.0. The van der Waals surface area contributed by atoms with Gasteiger partial charge in [-0.2, -0.15) is 0 Å². The van der Waals surface area contributed by atoms with Crippen LogP contribution in [-0.4, -0.2) is 48.4 Å². The van der Waals surface area contributed by atoms with Gasteiger partial charge in [0.05, 0.1) is 12.2 Å². The zero-order valence-electron chi connectivity index (χ0n) is 18.3. The van der Waals surface area contributed by atoms with E-state index in [9.17, 15) is 4.79 Å². The second-order valence-corrected chi connectivity index (χ2v) is 8.82. The zero-order valence-corrected chi connectivity index (χ0v) is 19.1. The van der Waals surface area contributed by atoms with Gasteiger partial charge < -0.3 is 15.5 Å². The number of thiazole rings is 1. The molecule has 2 N–H and O–H groups in total. The summed E-state index contributed by atoms with van der Waals surface area (Å²) < 4.78 is 0. The Bertz CT molecular complexity index is 1030. The number of aliphatic imine (C=N–C) groups is 1. The lowest BCUT2D eigenvalue weighted by Crippen LogP contribution is -2.40. The standard InChI is InChI=1S/C25H29N5OS/c1-26-25(28-16-22-18-32-24(29-22)21-10-6-3-7-11-21)27-15-20-14-23(31)30(17-20)13-12-19-8-4-2-5-9-19/h2-11,18,20H,12-17H2,1H3,(H2,26,27,28). The molecule has 32 heavy (non-hydrogen) atoms. The van der Waals surface area contributed by atoms with Crippen LogP contribution in [0.2, 0.25) is 0 Å². The number of hydrogen-bond donors (Lipinski definition) is 2. The lowest BCUT2D eigenvalue weighted by atomic mass is 10.1. The van der Waals surface area contributed by atoms with Crippen LogP contribution in [0.25, 0.3) is 10.6 Å². The van der Waals surface area contributed by atoms with Crippen molar-refractivity contribution in [1.29, 1.82) is 0 Å². The largest absolute Gasteiger partial charge is 0.356 e. The number of hydrogen-bond acceptors (Lipinski definition) is 4. The Balaban J connectivity index is 1.21. The third kappa shape index (κ3) is 5.95. The van der Waals surface area contributed by atoms with Crippen LogP contribution in [0, 0.1) is 5.92 Å². The highest BCUT2D eigenvalue weighted by Crippen LogP contribution is 2.23. The smallest absolute Gasteiger partial charge is 0.223 e. The first-order chi connectivity index (χ1) is 15.7. The molecule has 0 saturated carbocycles. The zero-order chi connectivity index (χ0) is 22.2. The molecule has 3 aromatic rings. The van der Waals surface area contributed by atoms with Crippen LogP contribution in [-0.2, 0) is 17.8 Å². The van der Waals surface area contributed by atoms with Gasteiger partial charge in [-0.05, 0) is 12.0 Å². The van der Waals surface area contributed by atoms with E-state index in [0.717, 1.165) is 48.3 Å². The molecule has 4 rings (SSSR count). The van der Waals surface area contributed by atoms with Crippen molar-refractivity contribution in [3.05, 3.63) is 77.3 Å². The molecule has 0 aliphatic carbocycles. The van der Waals surface area contributed by atoms with Crippen molar-refractivity contribution in [3.63, 3.8) is 0 Å². The Morgan fingerprint density at radius 2 is 1.88 bits per heavy atom. The molecule has 2 heterocycles. The summed E-state index contributed by atoms with van der Waals surface area (Å²) in [5.74, 6) is 1.27.